The molecule has 0 saturated carbocycles. The molecule has 5 heteroatoms. The standard InChI is InChI=1S/C20H23FN2O2/c1-15-5-3-4-6-18(15)14-23(16(2)24)12-11-20(25)22-13-17-7-9-19(21)10-8-17/h3-10H,11-14H2,1-2H3,(H,22,25). The average molecular weight is 342 g/mol. The third-order valence-electron chi connectivity index (χ3n) is 4.08. The van der Waals surface area contributed by atoms with E-state index in [2.05, 4.69) is 5.32 Å². The van der Waals surface area contributed by atoms with Gasteiger partial charge in [-0.25, -0.2) is 4.39 Å². The first-order valence-corrected chi connectivity index (χ1v) is 8.27. The van der Waals surface area contributed by atoms with E-state index in [1.807, 2.05) is 31.2 Å². The van der Waals surface area contributed by atoms with Gasteiger partial charge >= 0.3 is 0 Å². The summed E-state index contributed by atoms with van der Waals surface area (Å²) in [5.41, 5.74) is 3.03. The maximum absolute atomic E-state index is 12.9. The summed E-state index contributed by atoms with van der Waals surface area (Å²) < 4.78 is 12.9. The van der Waals surface area contributed by atoms with Crippen LogP contribution in [-0.2, 0) is 22.7 Å². The molecule has 0 spiro atoms. The lowest BCUT2D eigenvalue weighted by Crippen LogP contribution is -2.33. The van der Waals surface area contributed by atoms with Crippen LogP contribution in [-0.4, -0.2) is 23.3 Å². The van der Waals surface area contributed by atoms with Gasteiger partial charge in [-0.3, -0.25) is 9.59 Å². The van der Waals surface area contributed by atoms with Crippen LogP contribution in [0.5, 0.6) is 0 Å². The number of halogens is 1. The molecule has 0 atom stereocenters. The van der Waals surface area contributed by atoms with Gasteiger partial charge in [0.15, 0.2) is 0 Å². The fourth-order valence-electron chi connectivity index (χ4n) is 2.47. The van der Waals surface area contributed by atoms with Crippen LogP contribution in [0.3, 0.4) is 0 Å². The van der Waals surface area contributed by atoms with Crippen molar-refractivity contribution in [2.24, 2.45) is 0 Å². The molecule has 0 radical (unpaired) electrons. The van der Waals surface area contributed by atoms with Crippen molar-refractivity contribution in [1.29, 1.82) is 0 Å². The minimum absolute atomic E-state index is 0.0606. The minimum Gasteiger partial charge on any atom is -0.352 e. The van der Waals surface area contributed by atoms with Gasteiger partial charge < -0.3 is 10.2 Å². The third-order valence-corrected chi connectivity index (χ3v) is 4.08. The SMILES string of the molecule is CC(=O)N(CCC(=O)NCc1ccc(F)cc1)Cc1ccccc1C. The van der Waals surface area contributed by atoms with Gasteiger partial charge in [0.1, 0.15) is 5.82 Å². The fourth-order valence-corrected chi connectivity index (χ4v) is 2.47. The monoisotopic (exact) mass is 342 g/mol. The molecule has 2 amide bonds. The molecule has 0 saturated heterocycles. The van der Waals surface area contributed by atoms with Crippen LogP contribution < -0.4 is 5.32 Å². The first-order valence-electron chi connectivity index (χ1n) is 8.27. The van der Waals surface area contributed by atoms with Crippen LogP contribution in [0.4, 0.5) is 4.39 Å². The number of amides is 2. The van der Waals surface area contributed by atoms with E-state index in [1.54, 1.807) is 17.0 Å². The Morgan fingerprint density at radius 2 is 1.76 bits per heavy atom. The van der Waals surface area contributed by atoms with E-state index in [1.165, 1.54) is 19.1 Å². The normalized spacial score (nSPS) is 10.4. The van der Waals surface area contributed by atoms with Gasteiger partial charge in [-0.15, -0.1) is 0 Å². The minimum atomic E-state index is -0.302. The lowest BCUT2D eigenvalue weighted by Gasteiger charge is -2.22. The second-order valence-corrected chi connectivity index (χ2v) is 6.02. The molecule has 0 unspecified atom stereocenters. The van der Waals surface area contributed by atoms with Crippen LogP contribution in [0.1, 0.15) is 30.0 Å². The fraction of sp³-hybridized carbons (Fsp3) is 0.300. The van der Waals surface area contributed by atoms with E-state index < -0.39 is 0 Å². The number of carbonyl (C=O) groups is 2. The zero-order chi connectivity index (χ0) is 18.2. The summed E-state index contributed by atoms with van der Waals surface area (Å²) in [5, 5.41) is 2.79. The Balaban J connectivity index is 1.83. The highest BCUT2D eigenvalue weighted by Crippen LogP contribution is 2.11. The molecular weight excluding hydrogens is 319 g/mol. The number of hydrogen-bond acceptors (Lipinski definition) is 2. The van der Waals surface area contributed by atoms with Gasteiger partial charge in [-0.2, -0.15) is 0 Å². The number of benzene rings is 2. The highest BCUT2D eigenvalue weighted by molar-refractivity contribution is 5.78. The second kappa shape index (κ2) is 8.97. The van der Waals surface area contributed by atoms with Crippen molar-refractivity contribution in [2.45, 2.75) is 33.4 Å². The Morgan fingerprint density at radius 3 is 2.40 bits per heavy atom. The quantitative estimate of drug-likeness (QED) is 0.840. The van der Waals surface area contributed by atoms with Gasteiger partial charge in [0.25, 0.3) is 0 Å². The first-order chi connectivity index (χ1) is 12.0. The molecule has 2 aromatic rings. The molecule has 4 nitrogen and oxygen atoms in total. The summed E-state index contributed by atoms with van der Waals surface area (Å²) in [5.74, 6) is -0.502. The molecule has 0 aliphatic heterocycles. The van der Waals surface area contributed by atoms with Crippen molar-refractivity contribution in [3.63, 3.8) is 0 Å². The zero-order valence-electron chi connectivity index (χ0n) is 14.6. The van der Waals surface area contributed by atoms with Crippen LogP contribution >= 0.6 is 0 Å². The Morgan fingerprint density at radius 1 is 1.08 bits per heavy atom. The Labute approximate surface area is 147 Å². The topological polar surface area (TPSA) is 49.4 Å². The van der Waals surface area contributed by atoms with Crippen LogP contribution in [0, 0.1) is 12.7 Å². The van der Waals surface area contributed by atoms with Crippen LogP contribution in [0.2, 0.25) is 0 Å². The van der Waals surface area contributed by atoms with Gasteiger partial charge in [-0.1, -0.05) is 36.4 Å². The second-order valence-electron chi connectivity index (χ2n) is 6.02. The van der Waals surface area contributed by atoms with E-state index in [-0.39, 0.29) is 24.1 Å². The number of nitrogens with one attached hydrogen (secondary N) is 1. The summed E-state index contributed by atoms with van der Waals surface area (Å²) in [6.07, 6.45) is 0.229. The highest BCUT2D eigenvalue weighted by atomic mass is 19.1. The predicted octanol–water partition coefficient (Wildman–Crippen LogP) is 3.19. The van der Waals surface area contributed by atoms with Gasteiger partial charge in [0.05, 0.1) is 0 Å². The highest BCUT2D eigenvalue weighted by Gasteiger charge is 2.12. The van der Waals surface area contributed by atoms with E-state index in [0.29, 0.717) is 19.6 Å². The molecule has 2 rings (SSSR count). The summed E-state index contributed by atoms with van der Waals surface area (Å²) in [6.45, 7) is 4.71. The molecule has 1 N–H and O–H groups in total. The smallest absolute Gasteiger partial charge is 0.222 e. The summed E-state index contributed by atoms with van der Waals surface area (Å²) in [7, 11) is 0. The Kier molecular flexibility index (Phi) is 6.69. The number of aryl methyl sites for hydroxylation is 1. The molecule has 0 aliphatic carbocycles. The molecule has 0 fully saturated rings. The van der Waals surface area contributed by atoms with Crippen molar-refractivity contribution in [3.8, 4) is 0 Å². The molecule has 0 aliphatic rings. The maximum Gasteiger partial charge on any atom is 0.222 e. The predicted molar refractivity (Wildman–Crippen MR) is 95.1 cm³/mol. The lowest BCUT2D eigenvalue weighted by atomic mass is 10.1. The lowest BCUT2D eigenvalue weighted by molar-refractivity contribution is -0.130. The number of hydrogen-bond donors (Lipinski definition) is 1. The van der Waals surface area contributed by atoms with E-state index in [0.717, 1.165) is 16.7 Å². The van der Waals surface area contributed by atoms with Crippen LogP contribution in [0.25, 0.3) is 0 Å². The number of rotatable bonds is 7. The molecular formula is C20H23FN2O2. The maximum atomic E-state index is 12.9. The molecule has 0 aromatic heterocycles. The molecule has 0 heterocycles. The largest absolute Gasteiger partial charge is 0.352 e. The van der Waals surface area contributed by atoms with Crippen molar-refractivity contribution in [1.82, 2.24) is 10.2 Å². The zero-order valence-corrected chi connectivity index (χ0v) is 14.6. The van der Waals surface area contributed by atoms with E-state index >= 15 is 0 Å². The Bertz CT molecular complexity index is 729. The van der Waals surface area contributed by atoms with Gasteiger partial charge in [0, 0.05) is 33.0 Å². The first kappa shape index (κ1) is 18.6. The number of nitrogens with zero attached hydrogens (tertiary/aromatic N) is 1. The van der Waals surface area contributed by atoms with Crippen molar-refractivity contribution >= 4 is 11.8 Å². The molecule has 0 bridgehead atoms. The summed E-state index contributed by atoms with van der Waals surface area (Å²) in [4.78, 5) is 25.5. The average Bonchev–Trinajstić information content (AvgIpc) is 2.59. The van der Waals surface area contributed by atoms with Crippen molar-refractivity contribution < 1.29 is 14.0 Å². The molecule has 2 aromatic carbocycles. The van der Waals surface area contributed by atoms with Crippen LogP contribution in [0.15, 0.2) is 48.5 Å². The van der Waals surface area contributed by atoms with Gasteiger partial charge in [0.2, 0.25) is 11.8 Å². The molecule has 132 valence electrons. The van der Waals surface area contributed by atoms with Gasteiger partial charge in [-0.05, 0) is 35.7 Å². The molecule has 25 heavy (non-hydrogen) atoms. The van der Waals surface area contributed by atoms with E-state index in [9.17, 15) is 14.0 Å². The van der Waals surface area contributed by atoms with Crippen molar-refractivity contribution in [3.05, 3.63) is 71.0 Å². The third kappa shape index (κ3) is 6.03. The summed E-state index contributed by atoms with van der Waals surface area (Å²) >= 11 is 0. The summed E-state index contributed by atoms with van der Waals surface area (Å²) in [6, 6.07) is 13.9. The Hall–Kier alpha value is -2.69. The van der Waals surface area contributed by atoms with Crippen molar-refractivity contribution in [2.75, 3.05) is 6.54 Å². The number of carbonyl (C=O) groups excluding carboxylic acids is 2. The van der Waals surface area contributed by atoms with E-state index in [4.69, 9.17) is 0 Å².